The highest BCUT2D eigenvalue weighted by molar-refractivity contribution is 4.89. The summed E-state index contributed by atoms with van der Waals surface area (Å²) in [5.41, 5.74) is 0.0282. The van der Waals surface area contributed by atoms with Crippen LogP contribution in [-0.2, 0) is 0 Å². The van der Waals surface area contributed by atoms with Crippen molar-refractivity contribution in [1.29, 1.82) is 0 Å². The summed E-state index contributed by atoms with van der Waals surface area (Å²) in [6.45, 7) is 8.37. The second-order valence-electron chi connectivity index (χ2n) is 4.00. The topological polar surface area (TPSA) is 20.2 Å². The highest BCUT2D eigenvalue weighted by Gasteiger charge is 2.24. The number of aliphatic hydroxyl groups is 1. The zero-order valence-electron chi connectivity index (χ0n) is 8.80. The van der Waals surface area contributed by atoms with E-state index in [0.717, 1.165) is 19.3 Å². The third kappa shape index (κ3) is 3.91. The van der Waals surface area contributed by atoms with Gasteiger partial charge in [0.15, 0.2) is 0 Å². The van der Waals surface area contributed by atoms with Crippen molar-refractivity contribution in [3.8, 4) is 0 Å². The Kier molecular flexibility index (Phi) is 5.23. The molecule has 0 heterocycles. The van der Waals surface area contributed by atoms with Gasteiger partial charge in [0.25, 0.3) is 0 Å². The Hall–Kier alpha value is -0.300. The maximum atomic E-state index is 9.65. The highest BCUT2D eigenvalue weighted by Crippen LogP contribution is 2.27. The molecule has 0 aromatic carbocycles. The second kappa shape index (κ2) is 5.36. The Morgan fingerprint density at radius 3 is 2.25 bits per heavy atom. The maximum absolute atomic E-state index is 9.65. The standard InChI is InChI=1S/C11H22O/c1-5-7-8-9-11(3,4)10(12)6-2/h7-8,10,12H,5-6,9H2,1-4H3. The largest absolute Gasteiger partial charge is 0.393 e. The van der Waals surface area contributed by atoms with Gasteiger partial charge >= 0.3 is 0 Å². The number of hydrogen-bond donors (Lipinski definition) is 1. The summed E-state index contributed by atoms with van der Waals surface area (Å²) in [6, 6.07) is 0. The van der Waals surface area contributed by atoms with Crippen LogP contribution in [0.3, 0.4) is 0 Å². The van der Waals surface area contributed by atoms with Crippen molar-refractivity contribution >= 4 is 0 Å². The highest BCUT2D eigenvalue weighted by atomic mass is 16.3. The zero-order valence-corrected chi connectivity index (χ0v) is 8.80. The maximum Gasteiger partial charge on any atom is 0.0591 e. The third-order valence-corrected chi connectivity index (χ3v) is 2.34. The molecule has 1 heteroatoms. The van der Waals surface area contributed by atoms with Gasteiger partial charge in [0.05, 0.1) is 6.10 Å². The summed E-state index contributed by atoms with van der Waals surface area (Å²) in [5, 5.41) is 9.65. The van der Waals surface area contributed by atoms with Gasteiger partial charge in [-0.3, -0.25) is 0 Å². The van der Waals surface area contributed by atoms with E-state index in [2.05, 4.69) is 32.9 Å². The molecule has 0 aromatic heterocycles. The molecule has 0 saturated carbocycles. The number of allylic oxidation sites excluding steroid dienone is 2. The summed E-state index contributed by atoms with van der Waals surface area (Å²) in [4.78, 5) is 0. The number of rotatable bonds is 5. The van der Waals surface area contributed by atoms with Gasteiger partial charge in [-0.2, -0.15) is 0 Å². The van der Waals surface area contributed by atoms with Gasteiger partial charge in [-0.1, -0.05) is 39.8 Å². The Labute approximate surface area is 76.5 Å². The molecular weight excluding hydrogens is 148 g/mol. The van der Waals surface area contributed by atoms with Crippen molar-refractivity contribution in [3.05, 3.63) is 12.2 Å². The first kappa shape index (κ1) is 11.7. The Balaban J connectivity index is 3.94. The van der Waals surface area contributed by atoms with Crippen LogP contribution in [0.2, 0.25) is 0 Å². The van der Waals surface area contributed by atoms with Crippen LogP contribution in [0.5, 0.6) is 0 Å². The van der Waals surface area contributed by atoms with E-state index < -0.39 is 0 Å². The fraction of sp³-hybridized carbons (Fsp3) is 0.818. The fourth-order valence-corrected chi connectivity index (χ4v) is 1.24. The minimum absolute atomic E-state index is 0.0282. The van der Waals surface area contributed by atoms with E-state index in [9.17, 15) is 5.11 Å². The van der Waals surface area contributed by atoms with Crippen LogP contribution in [0.25, 0.3) is 0 Å². The van der Waals surface area contributed by atoms with E-state index >= 15 is 0 Å². The van der Waals surface area contributed by atoms with Crippen LogP contribution < -0.4 is 0 Å². The van der Waals surface area contributed by atoms with Crippen molar-refractivity contribution in [1.82, 2.24) is 0 Å². The summed E-state index contributed by atoms with van der Waals surface area (Å²) >= 11 is 0. The summed E-state index contributed by atoms with van der Waals surface area (Å²) in [6.07, 6.45) is 7.03. The molecule has 0 rings (SSSR count). The smallest absolute Gasteiger partial charge is 0.0591 e. The van der Waals surface area contributed by atoms with Crippen LogP contribution in [0.1, 0.15) is 47.0 Å². The first-order chi connectivity index (χ1) is 5.54. The molecule has 0 radical (unpaired) electrons. The van der Waals surface area contributed by atoms with Gasteiger partial charge in [0.2, 0.25) is 0 Å². The van der Waals surface area contributed by atoms with E-state index in [4.69, 9.17) is 0 Å². The van der Waals surface area contributed by atoms with Crippen LogP contribution in [0.4, 0.5) is 0 Å². The normalized spacial score (nSPS) is 15.4. The van der Waals surface area contributed by atoms with Gasteiger partial charge in [0.1, 0.15) is 0 Å². The van der Waals surface area contributed by atoms with E-state index in [1.165, 1.54) is 0 Å². The zero-order chi connectivity index (χ0) is 9.61. The molecule has 1 unspecified atom stereocenters. The van der Waals surface area contributed by atoms with Gasteiger partial charge < -0.3 is 5.11 Å². The average Bonchev–Trinajstić information content (AvgIpc) is 2.03. The van der Waals surface area contributed by atoms with Crippen LogP contribution in [0, 0.1) is 5.41 Å². The molecule has 0 bridgehead atoms. The molecule has 0 saturated heterocycles. The van der Waals surface area contributed by atoms with Crippen LogP contribution in [0.15, 0.2) is 12.2 Å². The molecule has 0 aliphatic heterocycles. The monoisotopic (exact) mass is 170 g/mol. The van der Waals surface area contributed by atoms with Gasteiger partial charge in [-0.05, 0) is 24.7 Å². The van der Waals surface area contributed by atoms with Crippen molar-refractivity contribution in [2.24, 2.45) is 5.41 Å². The molecule has 0 fully saturated rings. The lowest BCUT2D eigenvalue weighted by molar-refractivity contribution is 0.0492. The molecular formula is C11H22O. The summed E-state index contributed by atoms with van der Waals surface area (Å²) < 4.78 is 0. The van der Waals surface area contributed by atoms with E-state index in [-0.39, 0.29) is 11.5 Å². The first-order valence-electron chi connectivity index (χ1n) is 4.87. The molecule has 72 valence electrons. The summed E-state index contributed by atoms with van der Waals surface area (Å²) in [5.74, 6) is 0. The molecule has 0 aliphatic rings. The molecule has 1 atom stereocenters. The lowest BCUT2D eigenvalue weighted by Gasteiger charge is -2.28. The predicted molar refractivity (Wildman–Crippen MR) is 54.1 cm³/mol. The third-order valence-electron chi connectivity index (χ3n) is 2.34. The van der Waals surface area contributed by atoms with E-state index in [1.807, 2.05) is 6.92 Å². The predicted octanol–water partition coefficient (Wildman–Crippen LogP) is 3.14. The summed E-state index contributed by atoms with van der Waals surface area (Å²) in [7, 11) is 0. The van der Waals surface area contributed by atoms with Gasteiger partial charge in [-0.15, -0.1) is 0 Å². The van der Waals surface area contributed by atoms with E-state index in [0.29, 0.717) is 0 Å². The van der Waals surface area contributed by atoms with E-state index in [1.54, 1.807) is 0 Å². The second-order valence-corrected chi connectivity index (χ2v) is 4.00. The van der Waals surface area contributed by atoms with Crippen molar-refractivity contribution < 1.29 is 5.11 Å². The minimum atomic E-state index is -0.181. The van der Waals surface area contributed by atoms with Gasteiger partial charge in [0, 0.05) is 0 Å². The quantitative estimate of drug-likeness (QED) is 0.628. The number of aliphatic hydroxyl groups excluding tert-OH is 1. The van der Waals surface area contributed by atoms with Crippen molar-refractivity contribution in [2.45, 2.75) is 53.1 Å². The minimum Gasteiger partial charge on any atom is -0.393 e. The molecule has 0 spiro atoms. The first-order valence-corrected chi connectivity index (χ1v) is 4.87. The van der Waals surface area contributed by atoms with Gasteiger partial charge in [-0.25, -0.2) is 0 Å². The Morgan fingerprint density at radius 1 is 1.25 bits per heavy atom. The lowest BCUT2D eigenvalue weighted by Crippen LogP contribution is -2.27. The van der Waals surface area contributed by atoms with Crippen LogP contribution in [-0.4, -0.2) is 11.2 Å². The average molecular weight is 170 g/mol. The molecule has 0 amide bonds. The van der Waals surface area contributed by atoms with Crippen molar-refractivity contribution in [2.75, 3.05) is 0 Å². The Bertz CT molecular complexity index is 136. The SMILES string of the molecule is CCC=CCC(C)(C)C(O)CC. The Morgan fingerprint density at radius 2 is 1.83 bits per heavy atom. The number of hydrogen-bond acceptors (Lipinski definition) is 1. The fourth-order valence-electron chi connectivity index (χ4n) is 1.24. The van der Waals surface area contributed by atoms with Crippen LogP contribution >= 0.6 is 0 Å². The molecule has 1 nitrogen and oxygen atoms in total. The molecule has 0 aromatic rings. The molecule has 12 heavy (non-hydrogen) atoms. The lowest BCUT2D eigenvalue weighted by atomic mass is 9.82. The van der Waals surface area contributed by atoms with Crippen molar-refractivity contribution in [3.63, 3.8) is 0 Å². The molecule has 0 aliphatic carbocycles. The molecule has 1 N–H and O–H groups in total.